The van der Waals surface area contributed by atoms with E-state index in [0.29, 0.717) is 67.4 Å². The van der Waals surface area contributed by atoms with Crippen molar-refractivity contribution < 1.29 is 18.7 Å². The van der Waals surface area contributed by atoms with Gasteiger partial charge in [0.2, 0.25) is 5.65 Å². The summed E-state index contributed by atoms with van der Waals surface area (Å²) in [6, 6.07) is 7.74. The van der Waals surface area contributed by atoms with Crippen molar-refractivity contribution in [3.63, 3.8) is 0 Å². The summed E-state index contributed by atoms with van der Waals surface area (Å²) in [6.45, 7) is 7.31. The lowest BCUT2D eigenvalue weighted by molar-refractivity contribution is 0.102. The van der Waals surface area contributed by atoms with Gasteiger partial charge in [0.25, 0.3) is 11.9 Å². The maximum absolute atomic E-state index is 13.7. The van der Waals surface area contributed by atoms with Crippen LogP contribution in [0.2, 0.25) is 0 Å². The number of hydrogen-bond donors (Lipinski definition) is 1. The highest BCUT2D eigenvalue weighted by Crippen LogP contribution is 2.29. The summed E-state index contributed by atoms with van der Waals surface area (Å²) in [5.41, 5.74) is 2.94. The Bertz CT molecular complexity index is 1480. The summed E-state index contributed by atoms with van der Waals surface area (Å²) in [5, 5.41) is 7.19. The molecule has 218 valence electrons. The topological polar surface area (TPSA) is 127 Å². The van der Waals surface area contributed by atoms with Crippen molar-refractivity contribution in [1.82, 2.24) is 29.6 Å². The first-order valence-corrected chi connectivity index (χ1v) is 13.5. The van der Waals surface area contributed by atoms with Gasteiger partial charge < -0.3 is 29.0 Å². The molecule has 2 aliphatic rings. The first-order valence-electron chi connectivity index (χ1n) is 13.5. The Balaban J connectivity index is 0.00000337. The number of aryl methyl sites for hydroxylation is 1. The highest BCUT2D eigenvalue weighted by Gasteiger charge is 2.26. The number of halogens is 1. The largest absolute Gasteiger partial charge is 0.422 e. The third-order valence-corrected chi connectivity index (χ3v) is 7.15. The highest BCUT2D eigenvalue weighted by atomic mass is 35.5. The Kier molecular flexibility index (Phi) is 8.98. The van der Waals surface area contributed by atoms with E-state index in [1.54, 1.807) is 30.1 Å². The number of amides is 1. The Morgan fingerprint density at radius 3 is 2.59 bits per heavy atom. The van der Waals surface area contributed by atoms with E-state index in [2.05, 4.69) is 30.2 Å². The molecule has 4 aromatic rings. The molecule has 4 aromatic heterocycles. The van der Waals surface area contributed by atoms with Crippen LogP contribution in [0.1, 0.15) is 10.4 Å². The van der Waals surface area contributed by atoms with Crippen LogP contribution in [0.4, 0.5) is 17.7 Å². The third-order valence-electron chi connectivity index (χ3n) is 7.15. The molecule has 1 amide bonds. The second-order valence-corrected chi connectivity index (χ2v) is 9.86. The SMILES string of the molecule is COCCN1CCN(c2nc3nc(N4CCOCC4)oc3cc2C(=O)Nc2cccc(-c3cnn(C)c3)n2)CC1.Cl. The van der Waals surface area contributed by atoms with Crippen LogP contribution in [-0.2, 0) is 16.5 Å². The molecule has 6 heterocycles. The molecule has 2 saturated heterocycles. The number of anilines is 3. The van der Waals surface area contributed by atoms with Crippen molar-refractivity contribution in [1.29, 1.82) is 0 Å². The Labute approximate surface area is 243 Å². The average molecular weight is 584 g/mol. The molecule has 0 spiro atoms. The van der Waals surface area contributed by atoms with Crippen LogP contribution in [0, 0.1) is 0 Å². The van der Waals surface area contributed by atoms with Gasteiger partial charge in [0.05, 0.1) is 37.3 Å². The molecule has 0 unspecified atom stereocenters. The zero-order chi connectivity index (χ0) is 27.5. The van der Waals surface area contributed by atoms with Crippen molar-refractivity contribution in [3.8, 4) is 11.3 Å². The first kappa shape index (κ1) is 28.7. The minimum atomic E-state index is -0.314. The van der Waals surface area contributed by atoms with E-state index in [1.807, 2.05) is 30.3 Å². The van der Waals surface area contributed by atoms with Gasteiger partial charge in [0.15, 0.2) is 5.58 Å². The van der Waals surface area contributed by atoms with Crippen LogP contribution in [0.25, 0.3) is 22.5 Å². The number of hydrogen-bond acceptors (Lipinski definition) is 11. The van der Waals surface area contributed by atoms with Crippen molar-refractivity contribution >= 4 is 47.2 Å². The second-order valence-electron chi connectivity index (χ2n) is 9.86. The van der Waals surface area contributed by atoms with Gasteiger partial charge >= 0.3 is 0 Å². The molecule has 0 aliphatic carbocycles. The zero-order valence-electron chi connectivity index (χ0n) is 23.2. The molecule has 0 saturated carbocycles. The van der Waals surface area contributed by atoms with Crippen molar-refractivity contribution in [3.05, 3.63) is 42.2 Å². The van der Waals surface area contributed by atoms with Gasteiger partial charge in [0.1, 0.15) is 11.6 Å². The monoisotopic (exact) mass is 583 g/mol. The molecular weight excluding hydrogens is 550 g/mol. The number of pyridine rings is 2. The molecule has 14 heteroatoms. The standard InChI is InChI=1S/C27H33N9O4.ClH/c1-33-18-19(17-28-33)21-4-3-5-23(29-21)30-26(37)20-16-22-24(32-27(40-22)36-11-14-39-15-12-36)31-25(20)35-8-6-34(7-9-35)10-13-38-2;/h3-5,16-18H,6-15H2,1-2H3,(H,29,30,37);1H. The van der Waals surface area contributed by atoms with Crippen LogP contribution >= 0.6 is 12.4 Å². The average Bonchev–Trinajstić information content (AvgIpc) is 3.62. The van der Waals surface area contributed by atoms with Gasteiger partial charge in [-0.15, -0.1) is 12.4 Å². The summed E-state index contributed by atoms with van der Waals surface area (Å²) in [4.78, 5) is 34.4. The fraction of sp³-hybridized carbons (Fsp3) is 0.444. The minimum absolute atomic E-state index is 0. The lowest BCUT2D eigenvalue weighted by atomic mass is 10.2. The molecule has 13 nitrogen and oxygen atoms in total. The number of piperazine rings is 1. The number of morpholine rings is 1. The molecule has 0 bridgehead atoms. The molecule has 0 radical (unpaired) electrons. The lowest BCUT2D eigenvalue weighted by Crippen LogP contribution is -2.48. The molecule has 6 rings (SSSR count). The summed E-state index contributed by atoms with van der Waals surface area (Å²) >= 11 is 0. The Morgan fingerprint density at radius 2 is 1.85 bits per heavy atom. The molecule has 41 heavy (non-hydrogen) atoms. The van der Waals surface area contributed by atoms with Crippen LogP contribution in [-0.4, -0.2) is 108 Å². The minimum Gasteiger partial charge on any atom is -0.422 e. The molecule has 2 fully saturated rings. The summed E-state index contributed by atoms with van der Waals surface area (Å²) in [6.07, 6.45) is 3.62. The van der Waals surface area contributed by atoms with Crippen LogP contribution in [0.15, 0.2) is 41.1 Å². The number of aromatic nitrogens is 5. The first-order chi connectivity index (χ1) is 19.6. The number of rotatable bonds is 8. The maximum Gasteiger partial charge on any atom is 0.300 e. The quantitative estimate of drug-likeness (QED) is 0.328. The van der Waals surface area contributed by atoms with E-state index in [1.165, 1.54) is 0 Å². The maximum atomic E-state index is 13.7. The third kappa shape index (κ3) is 6.43. The smallest absolute Gasteiger partial charge is 0.300 e. The molecule has 2 aliphatic heterocycles. The van der Waals surface area contributed by atoms with E-state index >= 15 is 0 Å². The van der Waals surface area contributed by atoms with Crippen LogP contribution < -0.4 is 15.1 Å². The number of nitrogens with one attached hydrogen (secondary N) is 1. The predicted molar refractivity (Wildman–Crippen MR) is 157 cm³/mol. The number of nitrogens with zero attached hydrogens (tertiary/aromatic N) is 8. The van der Waals surface area contributed by atoms with E-state index in [4.69, 9.17) is 18.9 Å². The molecule has 0 atom stereocenters. The van der Waals surface area contributed by atoms with E-state index in [-0.39, 0.29) is 18.3 Å². The fourth-order valence-electron chi connectivity index (χ4n) is 4.95. The van der Waals surface area contributed by atoms with Gasteiger partial charge in [-0.1, -0.05) is 6.07 Å². The number of methoxy groups -OCH3 is 1. The predicted octanol–water partition coefficient (Wildman–Crippen LogP) is 2.30. The van der Waals surface area contributed by atoms with Crippen LogP contribution in [0.5, 0.6) is 0 Å². The Morgan fingerprint density at radius 1 is 1.05 bits per heavy atom. The van der Waals surface area contributed by atoms with Crippen LogP contribution in [0.3, 0.4) is 0 Å². The lowest BCUT2D eigenvalue weighted by Gasteiger charge is -2.35. The number of carbonyl (C=O) groups is 1. The van der Waals surface area contributed by atoms with E-state index in [0.717, 1.165) is 44.0 Å². The zero-order valence-corrected chi connectivity index (χ0v) is 24.0. The van der Waals surface area contributed by atoms with Crippen molar-refractivity contribution in [2.45, 2.75) is 0 Å². The van der Waals surface area contributed by atoms with E-state index < -0.39 is 0 Å². The van der Waals surface area contributed by atoms with Crippen molar-refractivity contribution in [2.75, 3.05) is 87.9 Å². The number of oxazole rings is 1. The van der Waals surface area contributed by atoms with Gasteiger partial charge in [-0.2, -0.15) is 10.1 Å². The second kappa shape index (κ2) is 12.8. The van der Waals surface area contributed by atoms with Gasteiger partial charge in [0, 0.05) is 77.8 Å². The fourth-order valence-corrected chi connectivity index (χ4v) is 4.95. The number of ether oxygens (including phenoxy) is 2. The number of carbonyl (C=O) groups excluding carboxylic acids is 1. The normalized spacial score (nSPS) is 16.1. The van der Waals surface area contributed by atoms with Gasteiger partial charge in [-0.3, -0.25) is 14.4 Å². The molecule has 0 aromatic carbocycles. The summed E-state index contributed by atoms with van der Waals surface area (Å²) in [7, 11) is 3.57. The summed E-state index contributed by atoms with van der Waals surface area (Å²) in [5.74, 6) is 0.710. The van der Waals surface area contributed by atoms with Gasteiger partial charge in [-0.25, -0.2) is 9.97 Å². The van der Waals surface area contributed by atoms with E-state index in [9.17, 15) is 4.79 Å². The summed E-state index contributed by atoms with van der Waals surface area (Å²) < 4.78 is 18.5. The Hall–Kier alpha value is -3.78. The highest BCUT2D eigenvalue weighted by molar-refractivity contribution is 6.08. The number of fused-ring (bicyclic) bond motifs is 1. The van der Waals surface area contributed by atoms with Gasteiger partial charge in [-0.05, 0) is 12.1 Å². The molecule has 1 N–H and O–H groups in total. The van der Waals surface area contributed by atoms with Crippen molar-refractivity contribution in [2.24, 2.45) is 7.05 Å². The molecular formula is C27H34ClN9O4.